The first-order valence-corrected chi connectivity index (χ1v) is 20.1. The maximum Gasteiger partial charge on any atom is 0.494 e. The van der Waals surface area contributed by atoms with Crippen LogP contribution in [-0.4, -0.2) is 85.7 Å². The monoisotopic (exact) mass is 832 g/mol. The Balaban J connectivity index is 0.000000394. The molecular formula is C34H60B3BrN2O10S2. The summed E-state index contributed by atoms with van der Waals surface area (Å²) in [5.74, 6) is 0. The molecule has 3 saturated heterocycles. The van der Waals surface area contributed by atoms with Crippen LogP contribution < -0.4 is 14.9 Å². The second kappa shape index (κ2) is 16.8. The highest BCUT2D eigenvalue weighted by Crippen LogP contribution is 2.43. The van der Waals surface area contributed by atoms with Gasteiger partial charge in [0.1, 0.15) is 0 Å². The number of rotatable bonds is 6. The van der Waals surface area contributed by atoms with Gasteiger partial charge in [0.05, 0.1) is 43.4 Å². The Kier molecular flexibility index (Phi) is 15.8. The molecule has 3 aliphatic heterocycles. The van der Waals surface area contributed by atoms with Crippen LogP contribution in [0, 0.1) is 0 Å². The average Bonchev–Trinajstić information content (AvgIpc) is 3.47. The van der Waals surface area contributed by atoms with E-state index >= 15 is 0 Å². The zero-order valence-electron chi connectivity index (χ0n) is 31.6. The van der Waals surface area contributed by atoms with Gasteiger partial charge in [-0.1, -0.05) is 49.0 Å². The van der Waals surface area contributed by atoms with Crippen molar-refractivity contribution in [1.82, 2.24) is 9.44 Å². The Hall–Kier alpha value is -1.31. The van der Waals surface area contributed by atoms with Gasteiger partial charge in [-0.25, -0.2) is 26.3 Å². The number of halogens is 1. The van der Waals surface area contributed by atoms with Gasteiger partial charge in [0.2, 0.25) is 20.0 Å². The van der Waals surface area contributed by atoms with E-state index in [0.717, 1.165) is 4.47 Å². The molecule has 2 aromatic rings. The topological polar surface area (TPSA) is 148 Å². The van der Waals surface area contributed by atoms with Crippen molar-refractivity contribution in [3.63, 3.8) is 0 Å². The molecule has 3 heterocycles. The predicted octanol–water partition coefficient (Wildman–Crippen LogP) is 5.77. The smallest absolute Gasteiger partial charge is 0.405 e. The Morgan fingerprint density at radius 3 is 1.15 bits per heavy atom. The Labute approximate surface area is 323 Å². The van der Waals surface area contributed by atoms with E-state index in [-0.39, 0.29) is 47.0 Å². The molecule has 18 heteroatoms. The molecule has 5 rings (SSSR count). The van der Waals surface area contributed by atoms with Crippen molar-refractivity contribution in [3.05, 3.63) is 53.0 Å². The van der Waals surface area contributed by atoms with Gasteiger partial charge in [0.25, 0.3) is 0 Å². The van der Waals surface area contributed by atoms with E-state index in [1.165, 1.54) is 20.2 Å². The quantitative estimate of drug-likeness (QED) is 0.344. The number of hydrogen-bond acceptors (Lipinski definition) is 10. The number of nitrogens with one attached hydrogen (secondary N) is 2. The molecule has 294 valence electrons. The first kappa shape index (κ1) is 48.7. The summed E-state index contributed by atoms with van der Waals surface area (Å²) in [5.41, 5.74) is -1.64. The normalized spacial score (nSPS) is 21.9. The van der Waals surface area contributed by atoms with Gasteiger partial charge >= 0.3 is 21.1 Å². The molecule has 12 nitrogen and oxygen atoms in total. The molecule has 0 aliphatic carbocycles. The third kappa shape index (κ3) is 10.7. The summed E-state index contributed by atoms with van der Waals surface area (Å²) in [4.78, 5) is 0.464. The lowest BCUT2D eigenvalue weighted by atomic mass is 9.49. The molecule has 3 fully saturated rings. The van der Waals surface area contributed by atoms with E-state index < -0.39 is 52.4 Å². The summed E-state index contributed by atoms with van der Waals surface area (Å²) >= 11 is 3.19. The molecule has 0 atom stereocenters. The van der Waals surface area contributed by atoms with Crippen LogP contribution >= 0.6 is 15.9 Å². The van der Waals surface area contributed by atoms with Crippen LogP contribution in [0.1, 0.15) is 97.9 Å². The van der Waals surface area contributed by atoms with Gasteiger partial charge < -0.3 is 27.9 Å². The largest absolute Gasteiger partial charge is 0.494 e. The molecule has 52 heavy (non-hydrogen) atoms. The standard InChI is InChI=1S/C13H20BNO4S.C12H24B2O4.C7H8BrNO2S.2CH4/c1-12(2)13(3,4)19-14(18-12)10-7-6-8-11(9-10)20(16,17)15-5;1-9(2)10(3,4)16-13(15-9)14-17-11(5,6)12(7,8)18-14;1-9-12(10,11)7-4-2-3-6(8)5-7;;/h6-9,15H,1-5H3;1-8H3;2-5,9H,1H3;2*1H4. The van der Waals surface area contributed by atoms with Crippen molar-refractivity contribution in [2.24, 2.45) is 0 Å². The Bertz CT molecular complexity index is 1660. The zero-order chi connectivity index (χ0) is 38.4. The van der Waals surface area contributed by atoms with Crippen molar-refractivity contribution in [2.45, 2.75) is 141 Å². The van der Waals surface area contributed by atoms with Crippen LogP contribution in [0.15, 0.2) is 62.8 Å². The van der Waals surface area contributed by atoms with E-state index in [4.69, 9.17) is 27.9 Å². The Morgan fingerprint density at radius 2 is 0.827 bits per heavy atom. The summed E-state index contributed by atoms with van der Waals surface area (Å²) < 4.78 is 87.1. The minimum Gasteiger partial charge on any atom is -0.405 e. The fourth-order valence-corrected chi connectivity index (χ4v) is 6.79. The third-order valence-corrected chi connectivity index (χ3v) is 13.4. The highest BCUT2D eigenvalue weighted by Gasteiger charge is 2.63. The molecule has 0 aromatic heterocycles. The predicted molar refractivity (Wildman–Crippen MR) is 214 cm³/mol. The number of benzene rings is 2. The van der Waals surface area contributed by atoms with Crippen LogP contribution in [0.3, 0.4) is 0 Å². The molecular weight excluding hydrogens is 773 g/mol. The van der Waals surface area contributed by atoms with E-state index in [1.807, 2.05) is 83.1 Å². The van der Waals surface area contributed by atoms with Crippen LogP contribution in [0.25, 0.3) is 0 Å². The average molecular weight is 833 g/mol. The second-order valence-electron chi connectivity index (χ2n) is 15.3. The van der Waals surface area contributed by atoms with Crippen molar-refractivity contribution < 1.29 is 44.8 Å². The number of sulfonamides is 2. The summed E-state index contributed by atoms with van der Waals surface area (Å²) in [7, 11) is -5.51. The third-order valence-electron chi connectivity index (χ3n) is 10.1. The maximum atomic E-state index is 11.8. The van der Waals surface area contributed by atoms with Crippen molar-refractivity contribution in [3.8, 4) is 0 Å². The van der Waals surface area contributed by atoms with Crippen LogP contribution in [0.5, 0.6) is 0 Å². The highest BCUT2D eigenvalue weighted by molar-refractivity contribution is 9.10. The van der Waals surface area contributed by atoms with E-state index in [0.29, 0.717) is 5.46 Å². The molecule has 2 N–H and O–H groups in total. The van der Waals surface area contributed by atoms with Gasteiger partial charge in [-0.3, -0.25) is 0 Å². The lowest BCUT2D eigenvalue weighted by Gasteiger charge is -2.32. The minimum absolute atomic E-state index is 0. The molecule has 0 amide bonds. The fourth-order valence-electron chi connectivity index (χ4n) is 4.68. The van der Waals surface area contributed by atoms with Gasteiger partial charge in [0.15, 0.2) is 0 Å². The van der Waals surface area contributed by atoms with Crippen molar-refractivity contribution in [2.75, 3.05) is 14.1 Å². The fraction of sp³-hybridized carbons (Fsp3) is 0.647. The highest BCUT2D eigenvalue weighted by atomic mass is 79.9. The summed E-state index contributed by atoms with van der Waals surface area (Å²) in [6.45, 7) is 24.0. The van der Waals surface area contributed by atoms with Gasteiger partial charge in [-0.2, -0.15) is 0 Å². The zero-order valence-corrected chi connectivity index (χ0v) is 34.8. The van der Waals surface area contributed by atoms with E-state index in [1.54, 1.807) is 42.5 Å². The molecule has 0 radical (unpaired) electrons. The molecule has 0 bridgehead atoms. The number of hydrogen-bond donors (Lipinski definition) is 2. The van der Waals surface area contributed by atoms with Crippen molar-refractivity contribution >= 4 is 62.6 Å². The minimum atomic E-state index is -3.47. The first-order chi connectivity index (χ1) is 22.5. The first-order valence-electron chi connectivity index (χ1n) is 16.3. The van der Waals surface area contributed by atoms with Gasteiger partial charge in [-0.05, 0) is 133 Å². The molecule has 2 aromatic carbocycles. The van der Waals surface area contributed by atoms with E-state index in [9.17, 15) is 16.8 Å². The summed E-state index contributed by atoms with van der Waals surface area (Å²) in [6.07, 6.45) is 0. The van der Waals surface area contributed by atoms with Gasteiger partial charge in [0, 0.05) is 4.47 Å². The second-order valence-corrected chi connectivity index (χ2v) is 20.0. The molecule has 0 unspecified atom stereocenters. The van der Waals surface area contributed by atoms with E-state index in [2.05, 4.69) is 25.4 Å². The van der Waals surface area contributed by atoms with Crippen molar-refractivity contribution in [1.29, 1.82) is 0 Å². The molecule has 0 saturated carbocycles. The summed E-state index contributed by atoms with van der Waals surface area (Å²) in [5, 5.41) is 0. The summed E-state index contributed by atoms with van der Waals surface area (Å²) in [6, 6.07) is 13.1. The maximum absolute atomic E-state index is 11.8. The Morgan fingerprint density at radius 1 is 0.519 bits per heavy atom. The van der Waals surface area contributed by atoms with Gasteiger partial charge in [-0.15, -0.1) is 0 Å². The lowest BCUT2D eigenvalue weighted by molar-refractivity contribution is 0.00578. The van der Waals surface area contributed by atoms with Crippen LogP contribution in [-0.2, 0) is 48.0 Å². The molecule has 3 aliphatic rings. The lowest BCUT2D eigenvalue weighted by Crippen LogP contribution is -2.41. The van der Waals surface area contributed by atoms with Crippen LogP contribution in [0.2, 0.25) is 0 Å². The SMILES string of the molecule is C.C.CC1(C)OB(B2OC(C)(C)C(C)(C)O2)OC1(C)C.CNS(=O)(=O)c1cccc(B2OC(C)(C)C(C)(C)O2)c1.CNS(=O)(=O)c1cccc(Br)c1. The van der Waals surface area contributed by atoms with Crippen LogP contribution in [0.4, 0.5) is 0 Å². The molecule has 0 spiro atoms.